The zero-order valence-corrected chi connectivity index (χ0v) is 17.3. The number of nitrogens with one attached hydrogen (secondary N) is 1. The lowest BCUT2D eigenvalue weighted by molar-refractivity contribution is -0.128. The molecule has 7 heteroatoms. The molecule has 6 nitrogen and oxygen atoms in total. The van der Waals surface area contributed by atoms with Gasteiger partial charge in [-0.25, -0.2) is 12.7 Å². The number of benzene rings is 2. The van der Waals surface area contributed by atoms with Crippen molar-refractivity contribution in [1.82, 2.24) is 4.31 Å². The second-order valence-corrected chi connectivity index (χ2v) is 9.12. The Kier molecular flexibility index (Phi) is 5.30. The van der Waals surface area contributed by atoms with Crippen LogP contribution in [0.3, 0.4) is 0 Å². The first kappa shape index (κ1) is 20.1. The molecule has 1 aliphatic heterocycles. The molecule has 1 aliphatic rings. The van der Waals surface area contributed by atoms with Crippen LogP contribution in [-0.4, -0.2) is 30.6 Å². The third-order valence-electron chi connectivity index (χ3n) is 5.15. The first-order valence-electron chi connectivity index (χ1n) is 9.14. The Hall–Kier alpha value is -2.67. The summed E-state index contributed by atoms with van der Waals surface area (Å²) in [6, 6.07) is 9.30. The Morgan fingerprint density at radius 2 is 1.68 bits per heavy atom. The van der Waals surface area contributed by atoms with Gasteiger partial charge < -0.3 is 5.32 Å². The van der Waals surface area contributed by atoms with Gasteiger partial charge >= 0.3 is 0 Å². The minimum Gasteiger partial charge on any atom is -0.324 e. The molecular weight excluding hydrogens is 376 g/mol. The minimum atomic E-state index is -4.11. The number of carbonyl (C=O) groups excluding carboxylic acids is 2. The monoisotopic (exact) mass is 400 g/mol. The van der Waals surface area contributed by atoms with Crippen LogP contribution in [0.1, 0.15) is 35.1 Å². The minimum absolute atomic E-state index is 0.0228. The Morgan fingerprint density at radius 1 is 1.00 bits per heavy atom. The molecule has 2 aromatic carbocycles. The maximum Gasteiger partial charge on any atom is 0.267 e. The average Bonchev–Trinajstić information content (AvgIpc) is 3.03. The van der Waals surface area contributed by atoms with Crippen LogP contribution in [0.25, 0.3) is 0 Å². The van der Waals surface area contributed by atoms with Crippen molar-refractivity contribution in [2.75, 3.05) is 5.32 Å². The van der Waals surface area contributed by atoms with Gasteiger partial charge in [-0.3, -0.25) is 9.59 Å². The molecule has 1 atom stereocenters. The van der Waals surface area contributed by atoms with Crippen molar-refractivity contribution in [3.05, 3.63) is 58.7 Å². The van der Waals surface area contributed by atoms with Gasteiger partial charge in [0.25, 0.3) is 10.0 Å². The maximum atomic E-state index is 13.1. The molecule has 2 aromatic rings. The molecule has 3 rings (SSSR count). The summed E-state index contributed by atoms with van der Waals surface area (Å²) in [7, 11) is -4.11. The fraction of sp³-hybridized carbons (Fsp3) is 0.333. The van der Waals surface area contributed by atoms with E-state index in [1.54, 1.807) is 6.07 Å². The van der Waals surface area contributed by atoms with Crippen LogP contribution in [0, 0.1) is 27.7 Å². The van der Waals surface area contributed by atoms with Gasteiger partial charge in [-0.15, -0.1) is 0 Å². The summed E-state index contributed by atoms with van der Waals surface area (Å²) in [5, 5.41) is 2.79. The molecule has 1 fully saturated rings. The lowest BCUT2D eigenvalue weighted by Gasteiger charge is -2.24. The number of sulfonamides is 1. The topological polar surface area (TPSA) is 83.6 Å². The fourth-order valence-corrected chi connectivity index (χ4v) is 4.96. The fourth-order valence-electron chi connectivity index (χ4n) is 3.28. The summed E-state index contributed by atoms with van der Waals surface area (Å²) in [5.41, 5.74) is 4.22. The van der Waals surface area contributed by atoms with Gasteiger partial charge in [0, 0.05) is 12.1 Å². The highest BCUT2D eigenvalue weighted by Crippen LogP contribution is 2.29. The summed E-state index contributed by atoms with van der Waals surface area (Å²) in [6.07, 6.45) is 0.189. The molecule has 2 amide bonds. The third-order valence-corrected chi connectivity index (χ3v) is 6.97. The number of aryl methyl sites for hydroxylation is 4. The van der Waals surface area contributed by atoms with Crippen LogP contribution in [0.4, 0.5) is 5.69 Å². The normalized spacial score (nSPS) is 17.1. The van der Waals surface area contributed by atoms with Gasteiger partial charge in [0.1, 0.15) is 6.04 Å². The zero-order valence-electron chi connectivity index (χ0n) is 16.4. The average molecular weight is 401 g/mol. The van der Waals surface area contributed by atoms with Crippen LogP contribution >= 0.6 is 0 Å². The molecule has 0 radical (unpaired) electrons. The molecule has 1 N–H and O–H groups in total. The highest BCUT2D eigenvalue weighted by atomic mass is 32.2. The van der Waals surface area contributed by atoms with E-state index in [2.05, 4.69) is 5.32 Å². The first-order valence-corrected chi connectivity index (χ1v) is 10.6. The van der Waals surface area contributed by atoms with Crippen molar-refractivity contribution in [3.63, 3.8) is 0 Å². The van der Waals surface area contributed by atoms with Crippen LogP contribution in [0.15, 0.2) is 41.3 Å². The largest absolute Gasteiger partial charge is 0.324 e. The van der Waals surface area contributed by atoms with E-state index in [1.165, 1.54) is 12.1 Å². The molecule has 28 heavy (non-hydrogen) atoms. The van der Waals surface area contributed by atoms with Gasteiger partial charge in [-0.1, -0.05) is 18.2 Å². The molecule has 0 spiro atoms. The van der Waals surface area contributed by atoms with E-state index in [9.17, 15) is 18.0 Å². The van der Waals surface area contributed by atoms with Crippen molar-refractivity contribution >= 4 is 27.5 Å². The molecule has 0 bridgehead atoms. The molecule has 148 valence electrons. The lowest BCUT2D eigenvalue weighted by atomic mass is 10.1. The third kappa shape index (κ3) is 3.67. The van der Waals surface area contributed by atoms with Crippen LogP contribution < -0.4 is 5.32 Å². The van der Waals surface area contributed by atoms with E-state index < -0.39 is 27.9 Å². The molecule has 1 unspecified atom stereocenters. The van der Waals surface area contributed by atoms with Crippen LogP contribution in [-0.2, 0) is 19.6 Å². The second-order valence-electron chi connectivity index (χ2n) is 7.30. The summed E-state index contributed by atoms with van der Waals surface area (Å²) >= 11 is 0. The molecule has 0 aromatic heterocycles. The van der Waals surface area contributed by atoms with Gasteiger partial charge in [-0.05, 0) is 74.6 Å². The highest BCUT2D eigenvalue weighted by Gasteiger charge is 2.44. The summed E-state index contributed by atoms with van der Waals surface area (Å²) in [6.45, 7) is 7.46. The second kappa shape index (κ2) is 7.39. The standard InChI is InChI=1S/C21H24N2O4S/c1-13-5-6-15(3)18(11-13)22-21(25)19-9-10-20(24)23(19)28(26,27)17-8-7-14(2)16(4)12-17/h5-8,11-12,19H,9-10H2,1-4H3,(H,22,25). The number of amides is 2. The predicted octanol–water partition coefficient (Wildman–Crippen LogP) is 3.24. The Bertz CT molecular complexity index is 1060. The number of carbonyl (C=O) groups is 2. The van der Waals surface area contributed by atoms with Crippen LogP contribution in [0.2, 0.25) is 0 Å². The van der Waals surface area contributed by atoms with Gasteiger partial charge in [-0.2, -0.15) is 0 Å². The Balaban J connectivity index is 1.93. The van der Waals surface area contributed by atoms with E-state index in [0.717, 1.165) is 26.6 Å². The van der Waals surface area contributed by atoms with Gasteiger partial charge in [0.05, 0.1) is 4.90 Å². The van der Waals surface area contributed by atoms with E-state index >= 15 is 0 Å². The first-order chi connectivity index (χ1) is 13.1. The molecular formula is C21H24N2O4S. The summed E-state index contributed by atoms with van der Waals surface area (Å²) in [5.74, 6) is -1.05. The summed E-state index contributed by atoms with van der Waals surface area (Å²) < 4.78 is 27.0. The number of rotatable bonds is 4. The van der Waals surface area contributed by atoms with Gasteiger partial charge in [0.15, 0.2) is 0 Å². The SMILES string of the molecule is Cc1ccc(C)c(NC(=O)C2CCC(=O)N2S(=O)(=O)c2ccc(C)c(C)c2)c1. The highest BCUT2D eigenvalue weighted by molar-refractivity contribution is 7.89. The maximum absolute atomic E-state index is 13.1. The quantitative estimate of drug-likeness (QED) is 0.854. The Labute approximate surface area is 165 Å². The zero-order chi connectivity index (χ0) is 20.6. The summed E-state index contributed by atoms with van der Waals surface area (Å²) in [4.78, 5) is 25.3. The van der Waals surface area contributed by atoms with Crippen molar-refractivity contribution in [2.24, 2.45) is 0 Å². The number of hydrogen-bond acceptors (Lipinski definition) is 4. The molecule has 0 saturated carbocycles. The Morgan fingerprint density at radius 3 is 2.36 bits per heavy atom. The number of anilines is 1. The number of hydrogen-bond donors (Lipinski definition) is 1. The van der Waals surface area contributed by atoms with Crippen molar-refractivity contribution in [1.29, 1.82) is 0 Å². The lowest BCUT2D eigenvalue weighted by Crippen LogP contribution is -2.45. The van der Waals surface area contributed by atoms with Crippen molar-refractivity contribution in [3.8, 4) is 0 Å². The van der Waals surface area contributed by atoms with E-state index in [0.29, 0.717) is 5.69 Å². The molecule has 1 heterocycles. The van der Waals surface area contributed by atoms with E-state index in [1.807, 2.05) is 45.9 Å². The van der Waals surface area contributed by atoms with Crippen molar-refractivity contribution in [2.45, 2.75) is 51.5 Å². The molecule has 0 aliphatic carbocycles. The van der Waals surface area contributed by atoms with Crippen molar-refractivity contribution < 1.29 is 18.0 Å². The van der Waals surface area contributed by atoms with Crippen LogP contribution in [0.5, 0.6) is 0 Å². The van der Waals surface area contributed by atoms with E-state index in [4.69, 9.17) is 0 Å². The van der Waals surface area contributed by atoms with Gasteiger partial charge in [0.2, 0.25) is 11.8 Å². The smallest absolute Gasteiger partial charge is 0.267 e. The van der Waals surface area contributed by atoms with E-state index in [-0.39, 0.29) is 17.7 Å². The number of nitrogens with zero attached hydrogens (tertiary/aromatic N) is 1. The predicted molar refractivity (Wildman–Crippen MR) is 108 cm³/mol. The molecule has 1 saturated heterocycles.